The average molecular weight is 453 g/mol. The van der Waals surface area contributed by atoms with Crippen molar-refractivity contribution in [1.82, 2.24) is 30.3 Å². The van der Waals surface area contributed by atoms with Gasteiger partial charge in [0.15, 0.2) is 5.60 Å². The normalized spacial score (nSPS) is 15.5. The van der Waals surface area contributed by atoms with Gasteiger partial charge < -0.3 is 14.6 Å². The molecule has 0 amide bonds. The molecule has 1 unspecified atom stereocenters. The second-order valence-electron chi connectivity index (χ2n) is 9.00. The zero-order chi connectivity index (χ0) is 23.4. The molecule has 34 heavy (non-hydrogen) atoms. The summed E-state index contributed by atoms with van der Waals surface area (Å²) in [5.74, 6) is 2.07. The van der Waals surface area contributed by atoms with Crippen LogP contribution in [0.25, 0.3) is 22.2 Å². The topological polar surface area (TPSA) is 114 Å². The van der Waals surface area contributed by atoms with Crippen molar-refractivity contribution in [3.05, 3.63) is 88.6 Å². The molecular formula is C26H24N6O2. The first kappa shape index (κ1) is 20.7. The molecule has 1 aliphatic carbocycles. The van der Waals surface area contributed by atoms with E-state index in [1.165, 1.54) is 0 Å². The van der Waals surface area contributed by atoms with Gasteiger partial charge in [-0.15, -0.1) is 0 Å². The van der Waals surface area contributed by atoms with E-state index in [9.17, 15) is 5.11 Å². The van der Waals surface area contributed by atoms with Gasteiger partial charge in [-0.05, 0) is 75.6 Å². The second-order valence-corrected chi connectivity index (χ2v) is 9.00. The van der Waals surface area contributed by atoms with Gasteiger partial charge in [0.05, 0.1) is 22.4 Å². The Balaban J connectivity index is 1.70. The van der Waals surface area contributed by atoms with Gasteiger partial charge in [-0.1, -0.05) is 11.2 Å². The molecule has 1 aliphatic rings. The largest absolute Gasteiger partial charge is 0.373 e. The first-order valence-corrected chi connectivity index (χ1v) is 11.4. The highest BCUT2D eigenvalue weighted by atomic mass is 16.5. The number of rotatable bonds is 5. The van der Waals surface area contributed by atoms with Crippen LogP contribution in [0, 0.1) is 20.8 Å². The maximum atomic E-state index is 12.5. The summed E-state index contributed by atoms with van der Waals surface area (Å²) in [7, 11) is 0. The average Bonchev–Trinajstić information content (AvgIpc) is 3.52. The Morgan fingerprint density at radius 1 is 1.03 bits per heavy atom. The van der Waals surface area contributed by atoms with Crippen LogP contribution in [-0.4, -0.2) is 35.4 Å². The van der Waals surface area contributed by atoms with Crippen LogP contribution in [0.1, 0.15) is 58.7 Å². The molecule has 0 spiro atoms. The number of pyridine rings is 1. The minimum atomic E-state index is -1.68. The fourth-order valence-corrected chi connectivity index (χ4v) is 4.65. The van der Waals surface area contributed by atoms with Crippen LogP contribution in [0.4, 0.5) is 0 Å². The van der Waals surface area contributed by atoms with E-state index in [0.717, 1.165) is 46.7 Å². The molecule has 0 aliphatic heterocycles. The standard InChI is InChI=1S/C26H24N6O2/c1-14-6-4-7-21(28-14)26(33,22-8-5-11-27-31-22)19-12-18(23-15(2)32-34-16(23)3)13-20-24(19)30-25(29-20)17-9-10-17/h4-8,11-13,17,33H,9-10H2,1-3H3,(H,29,30). The number of aromatic nitrogens is 6. The number of benzene rings is 1. The molecule has 8 heteroatoms. The van der Waals surface area contributed by atoms with Crippen LogP contribution < -0.4 is 0 Å². The molecule has 0 saturated heterocycles. The summed E-state index contributed by atoms with van der Waals surface area (Å²) in [6.45, 7) is 5.70. The minimum Gasteiger partial charge on any atom is -0.373 e. The van der Waals surface area contributed by atoms with Crippen molar-refractivity contribution in [2.24, 2.45) is 0 Å². The first-order valence-electron chi connectivity index (χ1n) is 11.4. The van der Waals surface area contributed by atoms with Crippen molar-refractivity contribution in [3.8, 4) is 11.1 Å². The van der Waals surface area contributed by atoms with Gasteiger partial charge in [0, 0.05) is 28.9 Å². The van der Waals surface area contributed by atoms with E-state index >= 15 is 0 Å². The van der Waals surface area contributed by atoms with Crippen molar-refractivity contribution in [2.75, 3.05) is 0 Å². The number of hydrogen-bond donors (Lipinski definition) is 2. The van der Waals surface area contributed by atoms with E-state index in [1.54, 1.807) is 18.3 Å². The van der Waals surface area contributed by atoms with E-state index in [4.69, 9.17) is 14.5 Å². The van der Waals surface area contributed by atoms with Crippen molar-refractivity contribution < 1.29 is 9.63 Å². The molecular weight excluding hydrogens is 428 g/mol. The molecule has 6 rings (SSSR count). The lowest BCUT2D eigenvalue weighted by Crippen LogP contribution is -2.32. The fourth-order valence-electron chi connectivity index (χ4n) is 4.65. The van der Waals surface area contributed by atoms with Crippen LogP contribution in [0.2, 0.25) is 0 Å². The molecule has 1 fully saturated rings. The highest BCUT2D eigenvalue weighted by molar-refractivity contribution is 5.88. The maximum absolute atomic E-state index is 12.5. The molecule has 0 bridgehead atoms. The monoisotopic (exact) mass is 452 g/mol. The minimum absolute atomic E-state index is 0.376. The van der Waals surface area contributed by atoms with Gasteiger partial charge in [-0.25, -0.2) is 4.98 Å². The summed E-state index contributed by atoms with van der Waals surface area (Å²) >= 11 is 0. The Kier molecular flexibility index (Phi) is 4.60. The third-order valence-electron chi connectivity index (χ3n) is 6.48. The van der Waals surface area contributed by atoms with Gasteiger partial charge in [-0.3, -0.25) is 4.98 Å². The second kappa shape index (κ2) is 7.56. The predicted molar refractivity (Wildman–Crippen MR) is 126 cm³/mol. The predicted octanol–water partition coefficient (Wildman–Crippen LogP) is 4.49. The fraction of sp³-hybridized carbons (Fsp3) is 0.269. The molecule has 0 radical (unpaired) electrons. The molecule has 1 aromatic carbocycles. The summed E-state index contributed by atoms with van der Waals surface area (Å²) in [6, 6.07) is 13.1. The number of nitrogens with one attached hydrogen (secondary N) is 1. The van der Waals surface area contributed by atoms with Gasteiger partial charge in [0.2, 0.25) is 0 Å². The lowest BCUT2D eigenvalue weighted by atomic mass is 9.83. The third kappa shape index (κ3) is 3.21. The molecule has 1 saturated carbocycles. The number of aromatic amines is 1. The zero-order valence-corrected chi connectivity index (χ0v) is 19.2. The maximum Gasteiger partial charge on any atom is 0.178 e. The van der Waals surface area contributed by atoms with Crippen LogP contribution in [-0.2, 0) is 5.60 Å². The number of aryl methyl sites for hydroxylation is 3. The van der Waals surface area contributed by atoms with Crippen LogP contribution in [0.15, 0.2) is 53.2 Å². The van der Waals surface area contributed by atoms with Crippen LogP contribution in [0.3, 0.4) is 0 Å². The number of H-pyrrole nitrogens is 1. The lowest BCUT2D eigenvalue weighted by molar-refractivity contribution is 0.116. The number of hydrogen-bond acceptors (Lipinski definition) is 7. The molecule has 8 nitrogen and oxygen atoms in total. The first-order chi connectivity index (χ1) is 16.4. The SMILES string of the molecule is Cc1cccc(C(O)(c2cccnn2)c2cc(-c3c(C)noc3C)cc3[nH]c(C4CC4)nc23)n1. The number of nitrogens with zero attached hydrogens (tertiary/aromatic N) is 5. The Hall–Kier alpha value is -3.91. The number of imidazole rings is 1. The van der Waals surface area contributed by atoms with Crippen molar-refractivity contribution in [2.45, 2.75) is 45.1 Å². The van der Waals surface area contributed by atoms with Gasteiger partial charge in [0.25, 0.3) is 0 Å². The van der Waals surface area contributed by atoms with E-state index in [1.807, 2.05) is 51.1 Å². The summed E-state index contributed by atoms with van der Waals surface area (Å²) in [6.07, 6.45) is 3.81. The van der Waals surface area contributed by atoms with Crippen molar-refractivity contribution in [3.63, 3.8) is 0 Å². The number of aliphatic hydroxyl groups is 1. The summed E-state index contributed by atoms with van der Waals surface area (Å²) in [4.78, 5) is 13.1. The van der Waals surface area contributed by atoms with Crippen molar-refractivity contribution >= 4 is 11.0 Å². The van der Waals surface area contributed by atoms with E-state index in [-0.39, 0.29) is 0 Å². The van der Waals surface area contributed by atoms with Gasteiger partial charge in [-0.2, -0.15) is 10.2 Å². The van der Waals surface area contributed by atoms with E-state index in [0.29, 0.717) is 34.1 Å². The molecule has 5 aromatic rings. The van der Waals surface area contributed by atoms with Crippen LogP contribution >= 0.6 is 0 Å². The molecule has 1 atom stereocenters. The molecule has 2 N–H and O–H groups in total. The highest BCUT2D eigenvalue weighted by Gasteiger charge is 2.41. The summed E-state index contributed by atoms with van der Waals surface area (Å²) in [5, 5.41) is 25.0. The molecule has 4 heterocycles. The Morgan fingerprint density at radius 2 is 1.85 bits per heavy atom. The zero-order valence-electron chi connectivity index (χ0n) is 19.2. The van der Waals surface area contributed by atoms with Crippen LogP contribution in [0.5, 0.6) is 0 Å². The number of fused-ring (bicyclic) bond motifs is 1. The van der Waals surface area contributed by atoms with E-state index in [2.05, 4.69) is 20.3 Å². The molecule has 4 aromatic heterocycles. The van der Waals surface area contributed by atoms with Gasteiger partial charge >= 0.3 is 0 Å². The van der Waals surface area contributed by atoms with Gasteiger partial charge in [0.1, 0.15) is 17.3 Å². The Labute approximate surface area is 196 Å². The van der Waals surface area contributed by atoms with E-state index < -0.39 is 5.60 Å². The lowest BCUT2D eigenvalue weighted by Gasteiger charge is -2.28. The molecule has 170 valence electrons. The quantitative estimate of drug-likeness (QED) is 0.404. The third-order valence-corrected chi connectivity index (χ3v) is 6.48. The Bertz CT molecular complexity index is 1500. The highest BCUT2D eigenvalue weighted by Crippen LogP contribution is 2.44. The summed E-state index contributed by atoms with van der Waals surface area (Å²) < 4.78 is 5.45. The smallest absolute Gasteiger partial charge is 0.178 e. The summed E-state index contributed by atoms with van der Waals surface area (Å²) in [5.41, 5.74) is 4.61. The Morgan fingerprint density at radius 3 is 2.53 bits per heavy atom. The van der Waals surface area contributed by atoms with Crippen molar-refractivity contribution in [1.29, 1.82) is 0 Å².